The number of amides is 5. The minimum atomic E-state index is -0.877. The van der Waals surface area contributed by atoms with E-state index in [1.807, 2.05) is 0 Å². The fraction of sp³-hybridized carbons (Fsp3) is 0.182. The normalized spacial score (nSPS) is 15.0. The van der Waals surface area contributed by atoms with Gasteiger partial charge in [0.15, 0.2) is 6.61 Å². The Kier molecular flexibility index (Phi) is 7.10. The first-order valence-electron chi connectivity index (χ1n) is 10.1. The maximum Gasteiger partial charge on any atom is 0.338 e. The lowest BCUT2D eigenvalue weighted by atomic mass is 10.1. The molecule has 0 atom stereocenters. The quantitative estimate of drug-likeness (QED) is 0.423. The molecule has 1 N–H and O–H groups in total. The molecule has 0 radical (unpaired) electrons. The van der Waals surface area contributed by atoms with Crippen molar-refractivity contribution in [1.82, 2.24) is 10.2 Å². The second kappa shape index (κ2) is 10.1. The Balaban J connectivity index is 1.35. The van der Waals surface area contributed by atoms with E-state index in [0.717, 1.165) is 21.6 Å². The summed E-state index contributed by atoms with van der Waals surface area (Å²) in [5.74, 6) is -3.01. The zero-order valence-electron chi connectivity index (χ0n) is 17.7. The molecular weight excluding hydrogens is 521 g/mol. The van der Waals surface area contributed by atoms with Crippen LogP contribution in [0, 0.1) is 0 Å². The minimum absolute atomic E-state index is 0.00205. The molecule has 2 aromatic carbocycles. The fourth-order valence-electron chi connectivity index (χ4n) is 3.40. The summed E-state index contributed by atoms with van der Waals surface area (Å²) < 4.78 is 4.97. The molecule has 0 saturated carbocycles. The zero-order valence-corrected chi connectivity index (χ0v) is 20.0. The number of esters is 1. The van der Waals surface area contributed by atoms with Gasteiger partial charge < -0.3 is 10.1 Å². The van der Waals surface area contributed by atoms with E-state index in [0.29, 0.717) is 0 Å². The van der Waals surface area contributed by atoms with Gasteiger partial charge in [0.2, 0.25) is 5.91 Å². The third-order valence-electron chi connectivity index (χ3n) is 5.12. The van der Waals surface area contributed by atoms with Gasteiger partial charge >= 0.3 is 5.97 Å². The Morgan fingerprint density at radius 2 is 1.71 bits per heavy atom. The van der Waals surface area contributed by atoms with E-state index in [-0.39, 0.29) is 62.4 Å². The number of carbonyl (C=O) groups is 6. The lowest BCUT2D eigenvalue weighted by Crippen LogP contribution is -2.38. The van der Waals surface area contributed by atoms with Gasteiger partial charge in [-0.3, -0.25) is 28.9 Å². The number of benzene rings is 2. The van der Waals surface area contributed by atoms with E-state index in [9.17, 15) is 28.8 Å². The van der Waals surface area contributed by atoms with E-state index >= 15 is 0 Å². The summed E-state index contributed by atoms with van der Waals surface area (Å²) in [5, 5.41) is 2.50. The average Bonchev–Trinajstić information content (AvgIpc) is 3.29. The Labute approximate surface area is 212 Å². The highest BCUT2D eigenvalue weighted by molar-refractivity contribution is 8.14. The number of nitrogens with one attached hydrogen (secondary N) is 1. The molecule has 35 heavy (non-hydrogen) atoms. The average molecular weight is 536 g/mol. The summed E-state index contributed by atoms with van der Waals surface area (Å²) >= 11 is 12.8. The van der Waals surface area contributed by atoms with Gasteiger partial charge in [-0.15, -0.1) is 0 Å². The molecule has 2 aliphatic heterocycles. The van der Waals surface area contributed by atoms with Crippen LogP contribution in [-0.2, 0) is 14.3 Å². The molecule has 2 aliphatic rings. The van der Waals surface area contributed by atoms with Crippen LogP contribution in [0.2, 0.25) is 10.0 Å². The van der Waals surface area contributed by atoms with Crippen LogP contribution in [0.3, 0.4) is 0 Å². The number of ether oxygens (including phenoxy) is 1. The van der Waals surface area contributed by atoms with Crippen LogP contribution in [0.5, 0.6) is 0 Å². The monoisotopic (exact) mass is 535 g/mol. The third kappa shape index (κ3) is 5.02. The molecule has 10 nitrogen and oxygen atoms in total. The molecule has 2 aromatic rings. The van der Waals surface area contributed by atoms with Crippen molar-refractivity contribution < 1.29 is 33.5 Å². The Bertz CT molecular complexity index is 1280. The van der Waals surface area contributed by atoms with Crippen molar-refractivity contribution in [3.8, 4) is 0 Å². The van der Waals surface area contributed by atoms with E-state index in [1.165, 1.54) is 36.4 Å². The van der Waals surface area contributed by atoms with E-state index in [2.05, 4.69) is 5.32 Å². The number of halogens is 2. The van der Waals surface area contributed by atoms with Crippen LogP contribution in [0.4, 0.5) is 10.5 Å². The minimum Gasteiger partial charge on any atom is -0.452 e. The van der Waals surface area contributed by atoms with Crippen molar-refractivity contribution in [2.45, 2.75) is 0 Å². The van der Waals surface area contributed by atoms with Crippen molar-refractivity contribution in [3.05, 3.63) is 63.1 Å². The van der Waals surface area contributed by atoms with Gasteiger partial charge in [-0.25, -0.2) is 9.69 Å². The largest absolute Gasteiger partial charge is 0.452 e. The van der Waals surface area contributed by atoms with Crippen LogP contribution in [0.15, 0.2) is 36.4 Å². The first kappa shape index (κ1) is 24.7. The molecule has 5 amide bonds. The second-order valence-corrected chi connectivity index (χ2v) is 9.07. The summed E-state index contributed by atoms with van der Waals surface area (Å²) in [5.41, 5.74) is 0.290. The summed E-state index contributed by atoms with van der Waals surface area (Å²) in [6, 6.07) is 8.16. The number of rotatable bonds is 7. The zero-order chi connectivity index (χ0) is 25.3. The first-order chi connectivity index (χ1) is 16.7. The molecule has 0 spiro atoms. The van der Waals surface area contributed by atoms with Gasteiger partial charge in [-0.1, -0.05) is 35.0 Å². The molecule has 4 rings (SSSR count). The third-order valence-corrected chi connectivity index (χ3v) is 6.71. The van der Waals surface area contributed by atoms with Crippen LogP contribution >= 0.6 is 35.0 Å². The summed E-state index contributed by atoms with van der Waals surface area (Å²) in [4.78, 5) is 75.0. The van der Waals surface area contributed by atoms with E-state index in [4.69, 9.17) is 27.9 Å². The molecule has 13 heteroatoms. The Morgan fingerprint density at radius 3 is 2.40 bits per heavy atom. The van der Waals surface area contributed by atoms with Gasteiger partial charge in [0.25, 0.3) is 23.0 Å². The highest BCUT2D eigenvalue weighted by atomic mass is 35.5. The highest BCUT2D eigenvalue weighted by Crippen LogP contribution is 2.33. The number of imide groups is 2. The van der Waals surface area contributed by atoms with Gasteiger partial charge in [-0.05, 0) is 36.4 Å². The Hall–Kier alpha value is -3.41. The van der Waals surface area contributed by atoms with Crippen LogP contribution in [0.25, 0.3) is 0 Å². The van der Waals surface area contributed by atoms with Crippen molar-refractivity contribution in [2.24, 2.45) is 0 Å². The molecule has 0 bridgehead atoms. The summed E-state index contributed by atoms with van der Waals surface area (Å²) in [6.45, 7) is -0.593. The van der Waals surface area contributed by atoms with Gasteiger partial charge in [-0.2, -0.15) is 0 Å². The Morgan fingerprint density at radius 1 is 0.971 bits per heavy atom. The number of hydrogen-bond donors (Lipinski definition) is 1. The van der Waals surface area contributed by atoms with Crippen molar-refractivity contribution in [1.29, 1.82) is 0 Å². The van der Waals surface area contributed by atoms with Gasteiger partial charge in [0, 0.05) is 13.1 Å². The standard InChI is InChI=1S/C22H15Cl2N3O7S/c23-15-4-2-12(8-16(15)24)27-19(30)13-3-1-11(7-14(13)20(27)31)21(32)34-9-17(28)25-5-6-26-18(29)10-35-22(26)33/h1-4,7-8H,5-6,9-10H2,(H,25,28). The first-order valence-corrected chi connectivity index (χ1v) is 11.8. The molecule has 1 saturated heterocycles. The molecule has 0 aromatic heterocycles. The maximum absolute atomic E-state index is 12.9. The molecule has 0 aliphatic carbocycles. The number of fused-ring (bicyclic) bond motifs is 1. The van der Waals surface area contributed by atoms with Gasteiger partial charge in [0.05, 0.1) is 38.2 Å². The maximum atomic E-state index is 12.9. The number of anilines is 1. The van der Waals surface area contributed by atoms with E-state index < -0.39 is 30.3 Å². The molecular formula is C22H15Cl2N3O7S. The number of nitrogens with zero attached hydrogens (tertiary/aromatic N) is 2. The number of carbonyl (C=O) groups excluding carboxylic acids is 6. The lowest BCUT2D eigenvalue weighted by molar-refractivity contribution is -0.126. The topological polar surface area (TPSA) is 130 Å². The van der Waals surface area contributed by atoms with Crippen molar-refractivity contribution >= 4 is 75.5 Å². The summed E-state index contributed by atoms with van der Waals surface area (Å²) in [7, 11) is 0. The lowest BCUT2D eigenvalue weighted by Gasteiger charge is -2.14. The van der Waals surface area contributed by atoms with Crippen molar-refractivity contribution in [3.63, 3.8) is 0 Å². The fourth-order valence-corrected chi connectivity index (χ4v) is 4.44. The molecule has 0 unspecified atom stereocenters. The second-order valence-electron chi connectivity index (χ2n) is 7.33. The van der Waals surface area contributed by atoms with Gasteiger partial charge in [0.1, 0.15) is 0 Å². The van der Waals surface area contributed by atoms with E-state index in [1.54, 1.807) is 0 Å². The summed E-state index contributed by atoms with van der Waals surface area (Å²) in [6.07, 6.45) is 0. The van der Waals surface area contributed by atoms with Crippen LogP contribution in [0.1, 0.15) is 31.1 Å². The van der Waals surface area contributed by atoms with Crippen LogP contribution < -0.4 is 10.2 Å². The highest BCUT2D eigenvalue weighted by Gasteiger charge is 2.37. The van der Waals surface area contributed by atoms with Crippen LogP contribution in [-0.4, -0.2) is 65.2 Å². The number of thioether (sulfide) groups is 1. The SMILES string of the molecule is O=C(COC(=O)c1ccc2c(c1)C(=O)N(c1ccc(Cl)c(Cl)c1)C2=O)NCCN1C(=O)CSC1=O. The smallest absolute Gasteiger partial charge is 0.338 e. The molecule has 1 fully saturated rings. The van der Waals surface area contributed by atoms with Crippen molar-refractivity contribution in [2.75, 3.05) is 30.3 Å². The number of hydrogen-bond acceptors (Lipinski definition) is 8. The predicted molar refractivity (Wildman–Crippen MR) is 127 cm³/mol. The predicted octanol–water partition coefficient (Wildman–Crippen LogP) is 2.76. The molecule has 2 heterocycles. The molecule has 180 valence electrons.